The summed E-state index contributed by atoms with van der Waals surface area (Å²) in [5.41, 5.74) is 0.358. The summed E-state index contributed by atoms with van der Waals surface area (Å²) in [6.07, 6.45) is 3.42. The maximum Gasteiger partial charge on any atom is 0.273 e. The van der Waals surface area contributed by atoms with Gasteiger partial charge in [-0.15, -0.1) is 0 Å². The molecule has 1 aromatic heterocycles. The van der Waals surface area contributed by atoms with Crippen molar-refractivity contribution in [3.05, 3.63) is 17.5 Å². The average Bonchev–Trinajstić information content (AvgIpc) is 2.89. The molecule has 2 heterocycles. The molecule has 0 aromatic carbocycles. The van der Waals surface area contributed by atoms with E-state index in [1.165, 1.54) is 12.8 Å². The highest BCUT2D eigenvalue weighted by Crippen LogP contribution is 2.07. The fourth-order valence-electron chi connectivity index (χ4n) is 1.93. The van der Waals surface area contributed by atoms with Crippen molar-refractivity contribution >= 4 is 5.91 Å². The molecular formula is C11H17N3O2. The molecule has 1 aliphatic heterocycles. The van der Waals surface area contributed by atoms with Gasteiger partial charge in [-0.25, -0.2) is 0 Å². The lowest BCUT2D eigenvalue weighted by Gasteiger charge is -2.09. The zero-order chi connectivity index (χ0) is 11.4. The Morgan fingerprint density at radius 2 is 2.62 bits per heavy atom. The van der Waals surface area contributed by atoms with Gasteiger partial charge in [-0.3, -0.25) is 4.79 Å². The minimum atomic E-state index is -0.158. The van der Waals surface area contributed by atoms with Gasteiger partial charge in [0.05, 0.1) is 0 Å². The van der Waals surface area contributed by atoms with Crippen LogP contribution in [0.25, 0.3) is 0 Å². The molecule has 1 aromatic rings. The molecule has 88 valence electrons. The van der Waals surface area contributed by atoms with Gasteiger partial charge in [-0.2, -0.15) is 0 Å². The summed E-state index contributed by atoms with van der Waals surface area (Å²) in [5, 5.41) is 9.89. The Morgan fingerprint density at radius 3 is 3.25 bits per heavy atom. The molecular weight excluding hydrogens is 206 g/mol. The van der Waals surface area contributed by atoms with E-state index >= 15 is 0 Å². The van der Waals surface area contributed by atoms with Crippen molar-refractivity contribution in [3.63, 3.8) is 0 Å². The first-order chi connectivity index (χ1) is 7.75. The fraction of sp³-hybridized carbons (Fsp3) is 0.636. The second-order valence-electron chi connectivity index (χ2n) is 4.16. The number of nitrogens with zero attached hydrogens (tertiary/aromatic N) is 1. The van der Waals surface area contributed by atoms with Crippen molar-refractivity contribution in [2.75, 3.05) is 13.1 Å². The summed E-state index contributed by atoms with van der Waals surface area (Å²) < 4.78 is 4.84. The van der Waals surface area contributed by atoms with Gasteiger partial charge in [-0.05, 0) is 32.7 Å². The van der Waals surface area contributed by atoms with Crippen LogP contribution in [0.5, 0.6) is 0 Å². The highest BCUT2D eigenvalue weighted by Gasteiger charge is 2.15. The van der Waals surface area contributed by atoms with Crippen molar-refractivity contribution in [1.29, 1.82) is 0 Å². The summed E-state index contributed by atoms with van der Waals surface area (Å²) in [6.45, 7) is 3.55. The molecule has 2 rings (SSSR count). The SMILES string of the molecule is Cc1cc(C(=O)NCCC2CCCN2)no1. The lowest BCUT2D eigenvalue weighted by molar-refractivity contribution is 0.0943. The number of aromatic nitrogens is 1. The van der Waals surface area contributed by atoms with Crippen LogP contribution in [0.1, 0.15) is 35.5 Å². The van der Waals surface area contributed by atoms with E-state index in [1.54, 1.807) is 13.0 Å². The van der Waals surface area contributed by atoms with Crippen LogP contribution in [0.3, 0.4) is 0 Å². The first-order valence-corrected chi connectivity index (χ1v) is 5.70. The third kappa shape index (κ3) is 2.82. The molecule has 5 nitrogen and oxygen atoms in total. The molecule has 16 heavy (non-hydrogen) atoms. The first-order valence-electron chi connectivity index (χ1n) is 5.70. The summed E-state index contributed by atoms with van der Waals surface area (Å²) in [4.78, 5) is 11.6. The highest BCUT2D eigenvalue weighted by atomic mass is 16.5. The van der Waals surface area contributed by atoms with Crippen LogP contribution in [0.2, 0.25) is 0 Å². The number of nitrogens with one attached hydrogen (secondary N) is 2. The largest absolute Gasteiger partial charge is 0.361 e. The van der Waals surface area contributed by atoms with Crippen molar-refractivity contribution in [2.45, 2.75) is 32.2 Å². The molecule has 1 saturated heterocycles. The Kier molecular flexibility index (Phi) is 3.56. The summed E-state index contributed by atoms with van der Waals surface area (Å²) in [5.74, 6) is 0.498. The molecule has 1 aliphatic rings. The predicted molar refractivity (Wildman–Crippen MR) is 59.2 cm³/mol. The molecule has 0 saturated carbocycles. The van der Waals surface area contributed by atoms with Crippen molar-refractivity contribution < 1.29 is 9.32 Å². The number of amides is 1. The van der Waals surface area contributed by atoms with E-state index in [1.807, 2.05) is 0 Å². The van der Waals surface area contributed by atoms with Gasteiger partial charge in [0.25, 0.3) is 5.91 Å². The van der Waals surface area contributed by atoms with Gasteiger partial charge >= 0.3 is 0 Å². The van der Waals surface area contributed by atoms with Crippen molar-refractivity contribution in [1.82, 2.24) is 15.8 Å². The minimum Gasteiger partial charge on any atom is -0.361 e. The Morgan fingerprint density at radius 1 is 1.75 bits per heavy atom. The smallest absolute Gasteiger partial charge is 0.273 e. The molecule has 0 bridgehead atoms. The lowest BCUT2D eigenvalue weighted by Crippen LogP contribution is -2.30. The van der Waals surface area contributed by atoms with E-state index in [0.29, 0.717) is 24.0 Å². The third-order valence-electron chi connectivity index (χ3n) is 2.80. The Bertz CT molecular complexity index is 356. The molecule has 0 spiro atoms. The van der Waals surface area contributed by atoms with Crippen LogP contribution in [-0.4, -0.2) is 30.2 Å². The number of aryl methyl sites for hydroxylation is 1. The van der Waals surface area contributed by atoms with Crippen molar-refractivity contribution in [2.24, 2.45) is 0 Å². The van der Waals surface area contributed by atoms with Gasteiger partial charge < -0.3 is 15.2 Å². The molecule has 1 amide bonds. The van der Waals surface area contributed by atoms with Crippen LogP contribution in [0.4, 0.5) is 0 Å². The average molecular weight is 223 g/mol. The zero-order valence-corrected chi connectivity index (χ0v) is 9.45. The number of hydrogen-bond donors (Lipinski definition) is 2. The lowest BCUT2D eigenvalue weighted by atomic mass is 10.1. The van der Waals surface area contributed by atoms with Crippen LogP contribution in [0, 0.1) is 6.92 Å². The molecule has 5 heteroatoms. The number of carbonyl (C=O) groups excluding carboxylic acids is 1. The van der Waals surface area contributed by atoms with Gasteiger partial charge in [0.15, 0.2) is 5.69 Å². The minimum absolute atomic E-state index is 0.158. The summed E-state index contributed by atoms with van der Waals surface area (Å²) >= 11 is 0. The number of carbonyl (C=O) groups is 1. The Hall–Kier alpha value is -1.36. The van der Waals surface area contributed by atoms with E-state index in [9.17, 15) is 4.79 Å². The summed E-state index contributed by atoms with van der Waals surface area (Å²) in [7, 11) is 0. The second kappa shape index (κ2) is 5.12. The van der Waals surface area contributed by atoms with E-state index in [0.717, 1.165) is 13.0 Å². The molecule has 2 N–H and O–H groups in total. The van der Waals surface area contributed by atoms with E-state index in [2.05, 4.69) is 15.8 Å². The van der Waals surface area contributed by atoms with Crippen LogP contribution in [0.15, 0.2) is 10.6 Å². The number of rotatable bonds is 4. The topological polar surface area (TPSA) is 67.2 Å². The number of hydrogen-bond acceptors (Lipinski definition) is 4. The highest BCUT2D eigenvalue weighted by molar-refractivity contribution is 5.92. The Labute approximate surface area is 94.6 Å². The molecule has 1 atom stereocenters. The van der Waals surface area contributed by atoms with Crippen molar-refractivity contribution in [3.8, 4) is 0 Å². The molecule has 0 radical (unpaired) electrons. The normalized spacial score (nSPS) is 19.9. The maximum atomic E-state index is 11.6. The van der Waals surface area contributed by atoms with E-state index < -0.39 is 0 Å². The van der Waals surface area contributed by atoms with Gasteiger partial charge in [0.2, 0.25) is 0 Å². The van der Waals surface area contributed by atoms with Crippen LogP contribution in [-0.2, 0) is 0 Å². The van der Waals surface area contributed by atoms with Gasteiger partial charge in [0.1, 0.15) is 5.76 Å². The Balaban J connectivity index is 1.71. The van der Waals surface area contributed by atoms with E-state index in [4.69, 9.17) is 4.52 Å². The fourth-order valence-corrected chi connectivity index (χ4v) is 1.93. The summed E-state index contributed by atoms with van der Waals surface area (Å²) in [6, 6.07) is 2.20. The van der Waals surface area contributed by atoms with Crippen LogP contribution >= 0.6 is 0 Å². The quantitative estimate of drug-likeness (QED) is 0.794. The zero-order valence-electron chi connectivity index (χ0n) is 9.45. The predicted octanol–water partition coefficient (Wildman–Crippen LogP) is 0.855. The molecule has 0 aliphatic carbocycles. The maximum absolute atomic E-state index is 11.6. The monoisotopic (exact) mass is 223 g/mol. The van der Waals surface area contributed by atoms with Crippen LogP contribution < -0.4 is 10.6 Å². The first kappa shape index (κ1) is 11.1. The molecule has 1 fully saturated rings. The molecule has 1 unspecified atom stereocenters. The van der Waals surface area contributed by atoms with Gasteiger partial charge in [-0.1, -0.05) is 5.16 Å². The van der Waals surface area contributed by atoms with Gasteiger partial charge in [0, 0.05) is 18.7 Å². The second-order valence-corrected chi connectivity index (χ2v) is 4.16. The third-order valence-corrected chi connectivity index (χ3v) is 2.80. The van der Waals surface area contributed by atoms with E-state index in [-0.39, 0.29) is 5.91 Å². The standard InChI is InChI=1S/C11H17N3O2/c1-8-7-10(14-16-8)11(15)13-6-4-9-3-2-5-12-9/h7,9,12H,2-6H2,1H3,(H,13,15).